The van der Waals surface area contributed by atoms with Crippen LogP contribution < -0.4 is 0 Å². The van der Waals surface area contributed by atoms with Gasteiger partial charge in [-0.25, -0.2) is 0 Å². The fourth-order valence-corrected chi connectivity index (χ4v) is 2.13. The van der Waals surface area contributed by atoms with Gasteiger partial charge < -0.3 is 4.90 Å². The van der Waals surface area contributed by atoms with Crippen molar-refractivity contribution in [3.8, 4) is 0 Å². The molecule has 0 N–H and O–H groups in total. The minimum Gasteiger partial charge on any atom is -0.340 e. The highest BCUT2D eigenvalue weighted by atomic mass is 16.2. The maximum atomic E-state index is 11.4. The minimum atomic E-state index is 0.0297. The minimum absolute atomic E-state index is 0.0297. The summed E-state index contributed by atoms with van der Waals surface area (Å²) in [5.41, 5.74) is 0. The molecule has 18 heavy (non-hydrogen) atoms. The summed E-state index contributed by atoms with van der Waals surface area (Å²) < 4.78 is 0. The van der Waals surface area contributed by atoms with Crippen LogP contribution in [-0.4, -0.2) is 23.9 Å². The van der Waals surface area contributed by atoms with Crippen LogP contribution in [0.2, 0.25) is 0 Å². The summed E-state index contributed by atoms with van der Waals surface area (Å²) in [6, 6.07) is 0.329. The van der Waals surface area contributed by atoms with Crippen molar-refractivity contribution in [1.29, 1.82) is 0 Å². The van der Waals surface area contributed by atoms with Crippen LogP contribution in [0.25, 0.3) is 0 Å². The van der Waals surface area contributed by atoms with Crippen LogP contribution in [0.4, 0.5) is 0 Å². The van der Waals surface area contributed by atoms with E-state index in [2.05, 4.69) is 20.4 Å². The molecule has 0 aliphatic rings. The summed E-state index contributed by atoms with van der Waals surface area (Å²) in [5, 5.41) is 0. The molecular formula is C16H31NO. The molecule has 0 aliphatic carbocycles. The Labute approximate surface area is 113 Å². The molecule has 0 saturated heterocycles. The van der Waals surface area contributed by atoms with Crippen LogP contribution in [0.1, 0.15) is 71.6 Å². The van der Waals surface area contributed by atoms with Gasteiger partial charge in [-0.2, -0.15) is 0 Å². The Balaban J connectivity index is 3.43. The van der Waals surface area contributed by atoms with Gasteiger partial charge in [-0.15, -0.1) is 0 Å². The van der Waals surface area contributed by atoms with Crippen LogP contribution in [0.5, 0.6) is 0 Å². The Morgan fingerprint density at radius 3 is 2.11 bits per heavy atom. The summed E-state index contributed by atoms with van der Waals surface area (Å²) in [7, 11) is 1.86. The zero-order valence-electron chi connectivity index (χ0n) is 12.6. The summed E-state index contributed by atoms with van der Waals surface area (Å²) in [6.07, 6.45) is 13.2. The third-order valence-electron chi connectivity index (χ3n) is 3.66. The molecule has 0 aromatic carbocycles. The third kappa shape index (κ3) is 8.32. The van der Waals surface area contributed by atoms with E-state index in [4.69, 9.17) is 0 Å². The third-order valence-corrected chi connectivity index (χ3v) is 3.66. The van der Waals surface area contributed by atoms with Crippen LogP contribution in [0.15, 0.2) is 12.7 Å². The number of amides is 1. The van der Waals surface area contributed by atoms with Crippen molar-refractivity contribution in [2.45, 2.75) is 77.7 Å². The number of carbonyl (C=O) groups is 1. The molecule has 2 nitrogen and oxygen atoms in total. The molecule has 0 heterocycles. The lowest BCUT2D eigenvalue weighted by atomic mass is 10.0. The van der Waals surface area contributed by atoms with Crippen molar-refractivity contribution in [2.24, 2.45) is 0 Å². The van der Waals surface area contributed by atoms with Gasteiger partial charge in [0, 0.05) is 13.1 Å². The average Bonchev–Trinajstić information content (AvgIpc) is 2.39. The number of hydrogen-bond donors (Lipinski definition) is 0. The lowest BCUT2D eigenvalue weighted by Crippen LogP contribution is -2.33. The van der Waals surface area contributed by atoms with Gasteiger partial charge >= 0.3 is 0 Å². The second-order valence-electron chi connectivity index (χ2n) is 5.27. The highest BCUT2D eigenvalue weighted by molar-refractivity contribution is 5.86. The maximum Gasteiger partial charge on any atom is 0.245 e. The Bertz CT molecular complexity index is 225. The first-order chi connectivity index (χ1) is 8.63. The largest absolute Gasteiger partial charge is 0.340 e. The van der Waals surface area contributed by atoms with Gasteiger partial charge in [-0.1, -0.05) is 64.9 Å². The molecule has 0 aromatic heterocycles. The second-order valence-corrected chi connectivity index (χ2v) is 5.27. The predicted octanol–water partition coefficient (Wildman–Crippen LogP) is 4.55. The second kappa shape index (κ2) is 11.3. The molecule has 1 unspecified atom stereocenters. The topological polar surface area (TPSA) is 20.3 Å². The van der Waals surface area contributed by atoms with E-state index in [9.17, 15) is 4.79 Å². The Morgan fingerprint density at radius 2 is 1.61 bits per heavy atom. The molecule has 0 saturated carbocycles. The van der Waals surface area contributed by atoms with Crippen molar-refractivity contribution in [1.82, 2.24) is 4.90 Å². The smallest absolute Gasteiger partial charge is 0.245 e. The molecule has 0 radical (unpaired) electrons. The summed E-state index contributed by atoms with van der Waals surface area (Å²) in [5.74, 6) is 0.0297. The molecule has 0 rings (SSSR count). The van der Waals surface area contributed by atoms with Crippen molar-refractivity contribution in [3.63, 3.8) is 0 Å². The van der Waals surface area contributed by atoms with E-state index < -0.39 is 0 Å². The molecule has 1 amide bonds. The average molecular weight is 253 g/mol. The SMILES string of the molecule is C=CC(=O)N(C)C(C)CCCCCCCCCC. The predicted molar refractivity (Wildman–Crippen MR) is 79.7 cm³/mol. The van der Waals surface area contributed by atoms with E-state index in [1.807, 2.05) is 7.05 Å². The highest BCUT2D eigenvalue weighted by Gasteiger charge is 2.11. The Hall–Kier alpha value is -0.790. The zero-order valence-corrected chi connectivity index (χ0v) is 12.6. The van der Waals surface area contributed by atoms with Crippen LogP contribution in [0, 0.1) is 0 Å². The monoisotopic (exact) mass is 253 g/mol. The number of unbranched alkanes of at least 4 members (excludes halogenated alkanes) is 7. The number of carbonyl (C=O) groups excluding carboxylic acids is 1. The first-order valence-electron chi connectivity index (χ1n) is 7.52. The molecule has 0 bridgehead atoms. The maximum absolute atomic E-state index is 11.4. The van der Waals surface area contributed by atoms with Crippen molar-refractivity contribution in [3.05, 3.63) is 12.7 Å². The van der Waals surface area contributed by atoms with Crippen molar-refractivity contribution in [2.75, 3.05) is 7.05 Å². The van der Waals surface area contributed by atoms with Gasteiger partial charge in [0.1, 0.15) is 0 Å². The van der Waals surface area contributed by atoms with E-state index in [1.54, 1.807) is 4.90 Å². The summed E-state index contributed by atoms with van der Waals surface area (Å²) >= 11 is 0. The fraction of sp³-hybridized carbons (Fsp3) is 0.812. The van der Waals surface area contributed by atoms with E-state index in [0.717, 1.165) is 6.42 Å². The number of likely N-dealkylation sites (N-methyl/N-ethyl adjacent to an activating group) is 1. The molecule has 0 aromatic rings. The highest BCUT2D eigenvalue weighted by Crippen LogP contribution is 2.12. The zero-order chi connectivity index (χ0) is 13.8. The Kier molecular flexibility index (Phi) is 10.8. The lowest BCUT2D eigenvalue weighted by molar-refractivity contribution is -0.126. The molecular weight excluding hydrogens is 222 g/mol. The normalized spacial score (nSPS) is 12.2. The number of hydrogen-bond acceptors (Lipinski definition) is 1. The number of rotatable bonds is 11. The van der Waals surface area contributed by atoms with E-state index in [1.165, 1.54) is 57.4 Å². The van der Waals surface area contributed by atoms with Gasteiger partial charge in [0.25, 0.3) is 0 Å². The molecule has 1 atom stereocenters. The van der Waals surface area contributed by atoms with E-state index in [0.29, 0.717) is 6.04 Å². The fourth-order valence-electron chi connectivity index (χ4n) is 2.13. The molecule has 106 valence electrons. The van der Waals surface area contributed by atoms with Crippen molar-refractivity contribution < 1.29 is 4.79 Å². The summed E-state index contributed by atoms with van der Waals surface area (Å²) in [6.45, 7) is 7.88. The van der Waals surface area contributed by atoms with Crippen LogP contribution in [0.3, 0.4) is 0 Å². The van der Waals surface area contributed by atoms with E-state index in [-0.39, 0.29) is 5.91 Å². The van der Waals surface area contributed by atoms with Gasteiger partial charge in [-0.05, 0) is 19.4 Å². The summed E-state index contributed by atoms with van der Waals surface area (Å²) in [4.78, 5) is 13.2. The molecule has 0 fully saturated rings. The lowest BCUT2D eigenvalue weighted by Gasteiger charge is -2.23. The Morgan fingerprint density at radius 1 is 1.11 bits per heavy atom. The van der Waals surface area contributed by atoms with Crippen molar-refractivity contribution >= 4 is 5.91 Å². The van der Waals surface area contributed by atoms with Gasteiger partial charge in [-0.3, -0.25) is 4.79 Å². The molecule has 0 spiro atoms. The standard InChI is InChI=1S/C16H31NO/c1-5-7-8-9-10-11-12-13-14-15(3)17(4)16(18)6-2/h6,15H,2,5,7-14H2,1,3-4H3. The van der Waals surface area contributed by atoms with Crippen LogP contribution >= 0.6 is 0 Å². The van der Waals surface area contributed by atoms with Gasteiger partial charge in [0.2, 0.25) is 5.91 Å². The number of nitrogens with zero attached hydrogens (tertiary/aromatic N) is 1. The first-order valence-corrected chi connectivity index (χ1v) is 7.52. The van der Waals surface area contributed by atoms with Gasteiger partial charge in [0.05, 0.1) is 0 Å². The molecule has 2 heteroatoms. The quantitative estimate of drug-likeness (QED) is 0.391. The van der Waals surface area contributed by atoms with E-state index >= 15 is 0 Å². The first kappa shape index (κ1) is 17.2. The van der Waals surface area contributed by atoms with Gasteiger partial charge in [0.15, 0.2) is 0 Å². The molecule has 0 aliphatic heterocycles. The van der Waals surface area contributed by atoms with Crippen LogP contribution in [-0.2, 0) is 4.79 Å².